The van der Waals surface area contributed by atoms with Gasteiger partial charge in [0.2, 0.25) is 0 Å². The summed E-state index contributed by atoms with van der Waals surface area (Å²) in [5.74, 6) is 1.38. The van der Waals surface area contributed by atoms with E-state index in [4.69, 9.17) is 14.5 Å². The zero-order chi connectivity index (χ0) is 34.5. The van der Waals surface area contributed by atoms with Gasteiger partial charge in [-0.3, -0.25) is 4.79 Å². The normalized spacial score (nSPS) is 11.4. The van der Waals surface area contributed by atoms with Gasteiger partial charge in [0.25, 0.3) is 0 Å². The standard InChI is InChI=1S/C41H62NO3.ClH.Pd/c1-6-7-8-9-10-11-12-13-14-15-16-17-18-19-20-21-22-26-40(43)45-32-31-44-37-29-27-36(28-30-37)33-42-41-38(34(2)3)24-23-25-39(41)35(4)5;;/h13-14,23-25,27,29-30,33-35H,6-12,15-22,26,31-32H2,1-5H3;1H;/q-1;;+2/p-1/b14-13+,42-33?;;. The minimum atomic E-state index is -0.132. The minimum absolute atomic E-state index is 0.132. The summed E-state index contributed by atoms with van der Waals surface area (Å²) >= 11 is 2.22. The predicted molar refractivity (Wildman–Crippen MR) is 198 cm³/mol. The molecule has 0 atom stereocenters. The number of rotatable bonds is 25. The second-order valence-corrected chi connectivity index (χ2v) is 12.9. The maximum atomic E-state index is 12.1. The molecule has 4 nitrogen and oxygen atoms in total. The van der Waals surface area contributed by atoms with Gasteiger partial charge in [-0.25, -0.2) is 0 Å². The predicted octanol–water partition coefficient (Wildman–Crippen LogP) is 12.9. The van der Waals surface area contributed by atoms with E-state index in [0.29, 0.717) is 30.6 Å². The number of halogens is 1. The van der Waals surface area contributed by atoms with Crippen LogP contribution in [0.2, 0.25) is 0 Å². The zero-order valence-electron chi connectivity index (χ0n) is 29.9. The summed E-state index contributed by atoms with van der Waals surface area (Å²) in [7, 11) is 4.49. The molecule has 0 saturated heterocycles. The number of unbranched alkanes of at least 4 members (excludes halogenated alkanes) is 13. The maximum absolute atomic E-state index is 12.1. The van der Waals surface area contributed by atoms with Crippen molar-refractivity contribution in [2.45, 2.75) is 149 Å². The molecule has 0 radical (unpaired) electrons. The fourth-order valence-electron chi connectivity index (χ4n) is 5.47. The van der Waals surface area contributed by atoms with Crippen LogP contribution in [0.15, 0.2) is 53.5 Å². The van der Waals surface area contributed by atoms with E-state index < -0.39 is 0 Å². The quantitative estimate of drug-likeness (QED) is 0.0253. The molecule has 266 valence electrons. The van der Waals surface area contributed by atoms with Gasteiger partial charge in [-0.15, -0.1) is 29.8 Å². The van der Waals surface area contributed by atoms with E-state index >= 15 is 0 Å². The van der Waals surface area contributed by atoms with Crippen molar-refractivity contribution in [1.29, 1.82) is 0 Å². The Bertz CT molecular complexity index is 1090. The number of ether oxygens (including phenoxy) is 2. The van der Waals surface area contributed by atoms with Crippen LogP contribution in [-0.4, -0.2) is 25.4 Å². The number of hydrogen-bond acceptors (Lipinski definition) is 4. The first-order valence-electron chi connectivity index (χ1n) is 18.2. The number of para-hydroxylation sites is 1. The van der Waals surface area contributed by atoms with Gasteiger partial charge in [-0.1, -0.05) is 129 Å². The van der Waals surface area contributed by atoms with Gasteiger partial charge in [0.1, 0.15) is 13.2 Å². The Balaban J connectivity index is 0.00000541. The van der Waals surface area contributed by atoms with E-state index in [1.807, 2.05) is 24.4 Å². The van der Waals surface area contributed by atoms with Crippen LogP contribution in [-0.2, 0) is 27.7 Å². The summed E-state index contributed by atoms with van der Waals surface area (Å²) < 4.78 is 11.1. The molecular weight excluding hydrogens is 696 g/mol. The van der Waals surface area contributed by atoms with E-state index in [2.05, 4.69) is 98.7 Å². The van der Waals surface area contributed by atoms with Crippen molar-refractivity contribution in [3.05, 3.63) is 71.3 Å². The third-order valence-electron chi connectivity index (χ3n) is 8.24. The molecule has 0 heterocycles. The van der Waals surface area contributed by atoms with E-state index in [9.17, 15) is 4.79 Å². The van der Waals surface area contributed by atoms with E-state index in [1.165, 1.54) is 94.6 Å². The molecule has 0 unspecified atom stereocenters. The molecule has 0 aliphatic rings. The monoisotopic (exact) mass is 757 g/mol. The van der Waals surface area contributed by atoms with Crippen LogP contribution in [0.1, 0.15) is 166 Å². The first kappa shape index (κ1) is 43.1. The summed E-state index contributed by atoms with van der Waals surface area (Å²) in [6.45, 7) is 11.7. The number of nitrogens with zero attached hydrogens (tertiary/aromatic N) is 1. The summed E-state index contributed by atoms with van der Waals surface area (Å²) in [5, 5.41) is 0. The molecule has 0 aliphatic carbocycles. The molecule has 0 aliphatic heterocycles. The van der Waals surface area contributed by atoms with Gasteiger partial charge in [-0.05, 0) is 61.3 Å². The third-order valence-corrected chi connectivity index (χ3v) is 8.24. The second-order valence-electron chi connectivity index (χ2n) is 12.9. The second kappa shape index (κ2) is 29.0. The van der Waals surface area contributed by atoms with Gasteiger partial charge in [-0.2, -0.15) is 0 Å². The van der Waals surface area contributed by atoms with Gasteiger partial charge in [0.15, 0.2) is 0 Å². The molecule has 0 N–H and O–H groups in total. The summed E-state index contributed by atoms with van der Waals surface area (Å²) in [6.07, 6.45) is 26.2. The average Bonchev–Trinajstić information content (AvgIpc) is 3.08. The number of esters is 1. The van der Waals surface area contributed by atoms with Crippen LogP contribution in [0.25, 0.3) is 0 Å². The van der Waals surface area contributed by atoms with E-state index in [1.54, 1.807) is 0 Å². The van der Waals surface area contributed by atoms with Crippen LogP contribution in [0.3, 0.4) is 0 Å². The fraction of sp³-hybridized carbons (Fsp3) is 0.610. The van der Waals surface area contributed by atoms with Crippen molar-refractivity contribution in [3.8, 4) is 5.75 Å². The SMILES string of the molecule is CCCCCCCC/C=C/CCCCCCCCCC(=O)OCCOc1c[c-]c(C=Nc2c(C(C)C)cccc2C(C)C)cc1.[Cl][Pd+]. The summed E-state index contributed by atoms with van der Waals surface area (Å²) in [4.78, 5) is 16.9. The van der Waals surface area contributed by atoms with Crippen molar-refractivity contribution in [3.63, 3.8) is 0 Å². The van der Waals surface area contributed by atoms with Crippen molar-refractivity contribution >= 4 is 27.4 Å². The van der Waals surface area contributed by atoms with Crippen LogP contribution >= 0.6 is 9.53 Å². The Labute approximate surface area is 302 Å². The number of carbonyl (C=O) groups is 1. The van der Waals surface area contributed by atoms with Crippen LogP contribution in [0, 0.1) is 6.07 Å². The molecule has 2 aromatic rings. The van der Waals surface area contributed by atoms with Crippen LogP contribution < -0.4 is 4.74 Å². The molecule has 0 amide bonds. The van der Waals surface area contributed by atoms with Crippen molar-refractivity contribution in [2.75, 3.05) is 13.2 Å². The zero-order valence-corrected chi connectivity index (χ0v) is 32.3. The molecule has 6 heteroatoms. The Morgan fingerprint density at radius 1 is 0.787 bits per heavy atom. The molecule has 2 aromatic carbocycles. The van der Waals surface area contributed by atoms with Gasteiger partial charge in [0.05, 0.1) is 5.69 Å². The number of allylic oxidation sites excluding steroid dienone is 2. The van der Waals surface area contributed by atoms with Gasteiger partial charge < -0.3 is 14.5 Å². The Morgan fingerprint density at radius 3 is 1.87 bits per heavy atom. The Morgan fingerprint density at radius 2 is 1.34 bits per heavy atom. The average molecular weight is 759 g/mol. The number of benzene rings is 2. The third kappa shape index (κ3) is 20.9. The summed E-state index contributed by atoms with van der Waals surface area (Å²) in [5.41, 5.74) is 4.48. The molecule has 0 fully saturated rings. The van der Waals surface area contributed by atoms with Crippen LogP contribution in [0.4, 0.5) is 5.69 Å². The number of aliphatic imine (C=N–C) groups is 1. The van der Waals surface area contributed by atoms with Crippen LogP contribution in [0.5, 0.6) is 5.75 Å². The molecule has 0 spiro atoms. The molecule has 2 rings (SSSR count). The van der Waals surface area contributed by atoms with Gasteiger partial charge >= 0.3 is 33.7 Å². The fourth-order valence-corrected chi connectivity index (χ4v) is 5.47. The first-order chi connectivity index (χ1) is 22.9. The van der Waals surface area contributed by atoms with E-state index in [0.717, 1.165) is 24.1 Å². The molecule has 0 bridgehead atoms. The molecule has 47 heavy (non-hydrogen) atoms. The van der Waals surface area contributed by atoms with Gasteiger partial charge in [0, 0.05) is 12.2 Å². The number of hydrogen-bond donors (Lipinski definition) is 0. The molecule has 0 aromatic heterocycles. The van der Waals surface area contributed by atoms with Crippen molar-refractivity contribution in [1.82, 2.24) is 0 Å². The molecular formula is C41H62ClNO3Pd. The Hall–Kier alpha value is -1.93. The topological polar surface area (TPSA) is 47.9 Å². The number of carbonyl (C=O) groups excluding carboxylic acids is 1. The first-order valence-corrected chi connectivity index (χ1v) is 20.2. The Kier molecular flexibility index (Phi) is 26.6. The van der Waals surface area contributed by atoms with E-state index in [-0.39, 0.29) is 12.6 Å². The van der Waals surface area contributed by atoms with Crippen molar-refractivity contribution in [2.24, 2.45) is 4.99 Å². The van der Waals surface area contributed by atoms with Crippen molar-refractivity contribution < 1.29 is 32.4 Å². The molecule has 0 saturated carbocycles. The summed E-state index contributed by atoms with van der Waals surface area (Å²) in [6, 6.07) is 15.4.